The molecule has 0 aliphatic heterocycles. The Morgan fingerprint density at radius 3 is 2.33 bits per heavy atom. The normalized spacial score (nSPS) is 10.9. The van der Waals surface area contributed by atoms with E-state index in [1.807, 2.05) is 0 Å². The maximum Gasteiger partial charge on any atom is 0.337 e. The summed E-state index contributed by atoms with van der Waals surface area (Å²) >= 11 is 6.10. The van der Waals surface area contributed by atoms with E-state index in [9.17, 15) is 18.0 Å². The first-order chi connectivity index (χ1) is 14.3. The van der Waals surface area contributed by atoms with Crippen molar-refractivity contribution < 1.29 is 22.7 Å². The average molecular weight is 445 g/mol. The van der Waals surface area contributed by atoms with E-state index in [1.165, 1.54) is 55.6 Å². The van der Waals surface area contributed by atoms with Crippen LogP contribution >= 0.6 is 11.6 Å². The summed E-state index contributed by atoms with van der Waals surface area (Å²) in [6, 6.07) is 18.2. The van der Waals surface area contributed by atoms with Crippen LogP contribution in [0.1, 0.15) is 20.7 Å². The van der Waals surface area contributed by atoms with Crippen molar-refractivity contribution in [3.63, 3.8) is 0 Å². The Morgan fingerprint density at radius 2 is 1.63 bits per heavy atom. The summed E-state index contributed by atoms with van der Waals surface area (Å²) in [5.41, 5.74) is 0.866. The highest BCUT2D eigenvalue weighted by Gasteiger charge is 2.16. The van der Waals surface area contributed by atoms with Gasteiger partial charge >= 0.3 is 5.97 Å². The van der Waals surface area contributed by atoms with Crippen LogP contribution in [0.3, 0.4) is 0 Å². The molecule has 0 heterocycles. The highest BCUT2D eigenvalue weighted by molar-refractivity contribution is 7.92. The molecule has 7 nitrogen and oxygen atoms in total. The lowest BCUT2D eigenvalue weighted by Crippen LogP contribution is -2.15. The van der Waals surface area contributed by atoms with E-state index in [4.69, 9.17) is 11.6 Å². The van der Waals surface area contributed by atoms with Gasteiger partial charge in [0.2, 0.25) is 0 Å². The number of rotatable bonds is 6. The van der Waals surface area contributed by atoms with Crippen molar-refractivity contribution in [1.29, 1.82) is 0 Å². The van der Waals surface area contributed by atoms with Gasteiger partial charge < -0.3 is 10.1 Å². The molecule has 0 saturated carbocycles. The molecule has 0 radical (unpaired) electrons. The van der Waals surface area contributed by atoms with E-state index in [1.54, 1.807) is 24.3 Å². The van der Waals surface area contributed by atoms with Gasteiger partial charge in [0.15, 0.2) is 0 Å². The fraction of sp³-hybridized carbons (Fsp3) is 0.0476. The largest absolute Gasteiger partial charge is 0.465 e. The summed E-state index contributed by atoms with van der Waals surface area (Å²) in [6.07, 6.45) is 0. The van der Waals surface area contributed by atoms with E-state index < -0.39 is 21.9 Å². The maximum absolute atomic E-state index is 12.6. The molecule has 0 aliphatic carbocycles. The number of carbonyl (C=O) groups is 2. The predicted molar refractivity (Wildman–Crippen MR) is 114 cm³/mol. The number of hydrogen-bond donors (Lipinski definition) is 2. The fourth-order valence-electron chi connectivity index (χ4n) is 2.60. The van der Waals surface area contributed by atoms with Crippen LogP contribution in [-0.2, 0) is 14.8 Å². The highest BCUT2D eigenvalue weighted by atomic mass is 35.5. The summed E-state index contributed by atoms with van der Waals surface area (Å²) in [6.45, 7) is 0. The number of nitrogens with one attached hydrogen (secondary N) is 2. The van der Waals surface area contributed by atoms with Crippen molar-refractivity contribution in [2.45, 2.75) is 4.90 Å². The molecule has 0 spiro atoms. The van der Waals surface area contributed by atoms with Gasteiger partial charge in [0.1, 0.15) is 0 Å². The molecule has 0 fully saturated rings. The van der Waals surface area contributed by atoms with Gasteiger partial charge in [0.05, 0.1) is 28.3 Å². The molecular weight excluding hydrogens is 428 g/mol. The molecule has 3 rings (SSSR count). The van der Waals surface area contributed by atoms with Gasteiger partial charge in [-0.3, -0.25) is 9.52 Å². The van der Waals surface area contributed by atoms with Gasteiger partial charge in [-0.1, -0.05) is 35.9 Å². The minimum absolute atomic E-state index is 0.103. The SMILES string of the molecule is COC(=O)c1ccc(Cl)c(NC(=O)c2cccc(NS(=O)(=O)c3ccccc3)c2)c1. The van der Waals surface area contributed by atoms with E-state index in [-0.39, 0.29) is 32.4 Å². The van der Waals surface area contributed by atoms with Gasteiger partial charge in [-0.2, -0.15) is 0 Å². The quantitative estimate of drug-likeness (QED) is 0.555. The van der Waals surface area contributed by atoms with Crippen LogP contribution in [0.15, 0.2) is 77.7 Å². The minimum Gasteiger partial charge on any atom is -0.465 e. The summed E-state index contributed by atoms with van der Waals surface area (Å²) in [7, 11) is -2.55. The molecule has 0 saturated heterocycles. The number of hydrogen-bond acceptors (Lipinski definition) is 5. The second-order valence-corrected chi connectivity index (χ2v) is 8.23. The molecule has 1 amide bonds. The number of methoxy groups -OCH3 is 1. The third kappa shape index (κ3) is 4.97. The minimum atomic E-state index is -3.79. The zero-order valence-corrected chi connectivity index (χ0v) is 17.3. The Kier molecular flexibility index (Phi) is 6.39. The van der Waals surface area contributed by atoms with Crippen molar-refractivity contribution in [2.75, 3.05) is 17.1 Å². The number of sulfonamides is 1. The first-order valence-electron chi connectivity index (χ1n) is 8.67. The van der Waals surface area contributed by atoms with Crippen LogP contribution < -0.4 is 10.0 Å². The maximum atomic E-state index is 12.6. The van der Waals surface area contributed by atoms with E-state index in [0.717, 1.165) is 0 Å². The summed E-state index contributed by atoms with van der Waals surface area (Å²) in [5, 5.41) is 2.84. The third-order valence-corrected chi connectivity index (χ3v) is 5.79. The van der Waals surface area contributed by atoms with Crippen LogP contribution in [0.2, 0.25) is 5.02 Å². The van der Waals surface area contributed by atoms with Gasteiger partial charge in [-0.05, 0) is 48.5 Å². The predicted octanol–water partition coefficient (Wildman–Crippen LogP) is 4.18. The average Bonchev–Trinajstić information content (AvgIpc) is 2.75. The molecule has 3 aromatic rings. The van der Waals surface area contributed by atoms with E-state index in [0.29, 0.717) is 0 Å². The van der Waals surface area contributed by atoms with Crippen LogP contribution in [-0.4, -0.2) is 27.4 Å². The smallest absolute Gasteiger partial charge is 0.337 e. The van der Waals surface area contributed by atoms with Crippen molar-refractivity contribution in [1.82, 2.24) is 0 Å². The number of esters is 1. The summed E-state index contributed by atoms with van der Waals surface area (Å²) in [5.74, 6) is -1.10. The second-order valence-electron chi connectivity index (χ2n) is 6.14. The highest BCUT2D eigenvalue weighted by Crippen LogP contribution is 2.25. The summed E-state index contributed by atoms with van der Waals surface area (Å²) < 4.78 is 32.1. The molecule has 0 bridgehead atoms. The van der Waals surface area contributed by atoms with Gasteiger partial charge in [0.25, 0.3) is 15.9 Å². The summed E-state index contributed by atoms with van der Waals surface area (Å²) in [4.78, 5) is 24.4. The Hall–Kier alpha value is -3.36. The molecule has 9 heteroatoms. The first-order valence-corrected chi connectivity index (χ1v) is 10.5. The van der Waals surface area contributed by atoms with Gasteiger partial charge in [-0.25, -0.2) is 13.2 Å². The molecule has 0 aromatic heterocycles. The van der Waals surface area contributed by atoms with Crippen molar-refractivity contribution in [2.24, 2.45) is 0 Å². The van der Waals surface area contributed by atoms with Crippen molar-refractivity contribution in [3.8, 4) is 0 Å². The van der Waals surface area contributed by atoms with Gasteiger partial charge in [0, 0.05) is 11.3 Å². The molecule has 0 atom stereocenters. The topological polar surface area (TPSA) is 102 Å². The molecule has 154 valence electrons. The molecule has 2 N–H and O–H groups in total. The lowest BCUT2D eigenvalue weighted by Gasteiger charge is -2.11. The number of ether oxygens (including phenoxy) is 1. The van der Waals surface area contributed by atoms with Crippen LogP contribution in [0.5, 0.6) is 0 Å². The lowest BCUT2D eigenvalue weighted by molar-refractivity contribution is 0.0600. The Balaban J connectivity index is 1.81. The molecule has 3 aromatic carbocycles. The zero-order valence-electron chi connectivity index (χ0n) is 15.8. The Morgan fingerprint density at radius 1 is 0.900 bits per heavy atom. The number of carbonyl (C=O) groups excluding carboxylic acids is 2. The standard InChI is InChI=1S/C21H17ClN2O5S/c1-29-21(26)15-10-11-18(22)19(13-15)23-20(25)14-6-5-7-16(12-14)24-30(27,28)17-8-3-2-4-9-17/h2-13,24H,1H3,(H,23,25). The first kappa shape index (κ1) is 21.4. The number of benzene rings is 3. The second kappa shape index (κ2) is 8.98. The van der Waals surface area contributed by atoms with Crippen LogP contribution in [0.25, 0.3) is 0 Å². The van der Waals surface area contributed by atoms with Crippen molar-refractivity contribution >= 4 is 44.9 Å². The van der Waals surface area contributed by atoms with E-state index >= 15 is 0 Å². The lowest BCUT2D eigenvalue weighted by atomic mass is 10.1. The molecule has 30 heavy (non-hydrogen) atoms. The monoisotopic (exact) mass is 444 g/mol. The van der Waals surface area contributed by atoms with Crippen LogP contribution in [0.4, 0.5) is 11.4 Å². The van der Waals surface area contributed by atoms with Crippen molar-refractivity contribution in [3.05, 3.63) is 88.9 Å². The molecule has 0 aliphatic rings. The van der Waals surface area contributed by atoms with Crippen LogP contribution in [0, 0.1) is 0 Å². The molecular formula is C21H17ClN2O5S. The number of amides is 1. The zero-order chi connectivity index (χ0) is 21.7. The third-order valence-electron chi connectivity index (χ3n) is 4.07. The van der Waals surface area contributed by atoms with E-state index in [2.05, 4.69) is 14.8 Å². The number of halogens is 1. The Bertz CT molecular complexity index is 1200. The fourth-order valence-corrected chi connectivity index (χ4v) is 3.83. The van der Waals surface area contributed by atoms with Gasteiger partial charge in [-0.15, -0.1) is 0 Å². The Labute approximate surface area is 178 Å². The molecule has 0 unspecified atom stereocenters. The number of anilines is 2.